The Balaban J connectivity index is 3.71. The summed E-state index contributed by atoms with van der Waals surface area (Å²) < 4.78 is 10.2. The summed E-state index contributed by atoms with van der Waals surface area (Å²) in [6.07, 6.45) is -0.952. The lowest BCUT2D eigenvalue weighted by atomic mass is 9.90. The van der Waals surface area contributed by atoms with Crippen molar-refractivity contribution in [1.82, 2.24) is 0 Å². The van der Waals surface area contributed by atoms with Gasteiger partial charge in [-0.2, -0.15) is 0 Å². The van der Waals surface area contributed by atoms with Crippen LogP contribution in [-0.2, 0) is 9.47 Å². The van der Waals surface area contributed by atoms with Gasteiger partial charge in [0.25, 0.3) is 0 Å². The van der Waals surface area contributed by atoms with Gasteiger partial charge in [-0.15, -0.1) is 0 Å². The topological polar surface area (TPSA) is 58.9 Å². The highest BCUT2D eigenvalue weighted by molar-refractivity contribution is 4.91. The maximum absolute atomic E-state index is 9.69. The molecule has 0 bridgehead atoms. The SMILES string of the molecule is C=C(C)C(O)OCCOC(O)C(C)(C)CC. The Kier molecular flexibility index (Phi) is 6.83. The summed E-state index contributed by atoms with van der Waals surface area (Å²) in [6, 6.07) is 0. The van der Waals surface area contributed by atoms with Crippen molar-refractivity contribution in [2.45, 2.75) is 46.7 Å². The van der Waals surface area contributed by atoms with Gasteiger partial charge < -0.3 is 19.7 Å². The second-order valence-corrected chi connectivity index (χ2v) is 4.63. The van der Waals surface area contributed by atoms with E-state index in [1.165, 1.54) is 0 Å². The number of hydrogen-bond acceptors (Lipinski definition) is 4. The first-order valence-electron chi connectivity index (χ1n) is 5.56. The highest BCUT2D eigenvalue weighted by Gasteiger charge is 2.26. The molecular formula is C12H24O4. The lowest BCUT2D eigenvalue weighted by molar-refractivity contribution is -0.182. The molecular weight excluding hydrogens is 208 g/mol. The second kappa shape index (κ2) is 7.01. The van der Waals surface area contributed by atoms with E-state index in [1.54, 1.807) is 6.92 Å². The minimum absolute atomic E-state index is 0.227. The van der Waals surface area contributed by atoms with E-state index in [0.29, 0.717) is 5.57 Å². The van der Waals surface area contributed by atoms with Crippen LogP contribution in [0.25, 0.3) is 0 Å². The van der Waals surface area contributed by atoms with Crippen LogP contribution in [-0.4, -0.2) is 36.0 Å². The number of aliphatic hydroxyl groups is 2. The highest BCUT2D eigenvalue weighted by Crippen LogP contribution is 2.25. The fraction of sp³-hybridized carbons (Fsp3) is 0.833. The first-order valence-corrected chi connectivity index (χ1v) is 5.56. The molecule has 0 heterocycles. The molecule has 2 atom stereocenters. The lowest BCUT2D eigenvalue weighted by Crippen LogP contribution is -2.32. The predicted octanol–water partition coefficient (Wildman–Crippen LogP) is 1.67. The molecule has 0 fully saturated rings. The van der Waals surface area contributed by atoms with Crippen molar-refractivity contribution < 1.29 is 19.7 Å². The molecule has 2 unspecified atom stereocenters. The van der Waals surface area contributed by atoms with Gasteiger partial charge in [0.2, 0.25) is 0 Å². The van der Waals surface area contributed by atoms with Crippen molar-refractivity contribution in [2.75, 3.05) is 13.2 Å². The third-order valence-corrected chi connectivity index (χ3v) is 2.64. The van der Waals surface area contributed by atoms with E-state index in [1.807, 2.05) is 20.8 Å². The molecule has 0 saturated heterocycles. The third-order valence-electron chi connectivity index (χ3n) is 2.64. The Morgan fingerprint density at radius 2 is 1.75 bits per heavy atom. The number of ether oxygens (including phenoxy) is 2. The second-order valence-electron chi connectivity index (χ2n) is 4.63. The molecule has 4 heteroatoms. The standard InChI is InChI=1S/C12H24O4/c1-6-12(4,5)11(14)16-8-7-15-10(13)9(2)3/h10-11,13-14H,2,6-8H2,1,3-5H3. The van der Waals surface area contributed by atoms with Gasteiger partial charge in [0.15, 0.2) is 12.6 Å². The van der Waals surface area contributed by atoms with E-state index in [2.05, 4.69) is 6.58 Å². The van der Waals surface area contributed by atoms with Gasteiger partial charge in [-0.1, -0.05) is 27.4 Å². The van der Waals surface area contributed by atoms with Crippen molar-refractivity contribution >= 4 is 0 Å². The monoisotopic (exact) mass is 232 g/mol. The van der Waals surface area contributed by atoms with E-state index in [9.17, 15) is 10.2 Å². The molecule has 0 spiro atoms. The summed E-state index contributed by atoms with van der Waals surface area (Å²) >= 11 is 0. The Labute approximate surface area is 97.9 Å². The van der Waals surface area contributed by atoms with Crippen LogP contribution in [0.1, 0.15) is 34.1 Å². The van der Waals surface area contributed by atoms with Crippen LogP contribution in [0.2, 0.25) is 0 Å². The molecule has 2 N–H and O–H groups in total. The summed E-state index contributed by atoms with van der Waals surface area (Å²) in [7, 11) is 0. The molecule has 4 nitrogen and oxygen atoms in total. The zero-order valence-corrected chi connectivity index (χ0v) is 10.7. The lowest BCUT2D eigenvalue weighted by Gasteiger charge is -2.28. The van der Waals surface area contributed by atoms with Gasteiger partial charge in [0, 0.05) is 5.41 Å². The van der Waals surface area contributed by atoms with E-state index in [0.717, 1.165) is 6.42 Å². The quantitative estimate of drug-likeness (QED) is 0.380. The molecule has 0 amide bonds. The Bertz CT molecular complexity index is 213. The predicted molar refractivity (Wildman–Crippen MR) is 62.8 cm³/mol. The summed E-state index contributed by atoms with van der Waals surface area (Å²) in [5.41, 5.74) is 0.280. The van der Waals surface area contributed by atoms with Crippen LogP contribution in [0.5, 0.6) is 0 Å². The molecule has 0 radical (unpaired) electrons. The Morgan fingerprint density at radius 1 is 1.25 bits per heavy atom. The van der Waals surface area contributed by atoms with E-state index >= 15 is 0 Å². The fourth-order valence-electron chi connectivity index (χ4n) is 0.862. The zero-order valence-electron chi connectivity index (χ0n) is 10.7. The normalized spacial score (nSPS) is 15.9. The van der Waals surface area contributed by atoms with Gasteiger partial charge >= 0.3 is 0 Å². The Hall–Kier alpha value is -0.420. The molecule has 0 aliphatic rings. The molecule has 0 aromatic carbocycles. The van der Waals surface area contributed by atoms with Gasteiger partial charge in [0.1, 0.15) is 0 Å². The average Bonchev–Trinajstić information content (AvgIpc) is 2.23. The fourth-order valence-corrected chi connectivity index (χ4v) is 0.862. The third kappa shape index (κ3) is 5.61. The first-order chi connectivity index (χ1) is 7.31. The number of aliphatic hydroxyl groups excluding tert-OH is 2. The molecule has 16 heavy (non-hydrogen) atoms. The van der Waals surface area contributed by atoms with Crippen LogP contribution in [0.3, 0.4) is 0 Å². The molecule has 0 aromatic rings. The van der Waals surface area contributed by atoms with Crippen LogP contribution >= 0.6 is 0 Å². The molecule has 0 rings (SSSR count). The molecule has 96 valence electrons. The summed E-state index contributed by atoms with van der Waals surface area (Å²) in [6.45, 7) is 11.6. The molecule has 0 saturated carbocycles. The van der Waals surface area contributed by atoms with Gasteiger partial charge in [-0.25, -0.2) is 0 Å². The van der Waals surface area contributed by atoms with Crippen molar-refractivity contribution in [1.29, 1.82) is 0 Å². The zero-order chi connectivity index (χ0) is 12.8. The average molecular weight is 232 g/mol. The van der Waals surface area contributed by atoms with Crippen LogP contribution in [0.15, 0.2) is 12.2 Å². The number of rotatable bonds is 8. The van der Waals surface area contributed by atoms with Gasteiger partial charge in [-0.05, 0) is 18.9 Å². The van der Waals surface area contributed by atoms with Crippen LogP contribution < -0.4 is 0 Å². The number of hydrogen-bond donors (Lipinski definition) is 2. The maximum Gasteiger partial charge on any atom is 0.176 e. The van der Waals surface area contributed by atoms with Crippen molar-refractivity contribution in [3.05, 3.63) is 12.2 Å². The van der Waals surface area contributed by atoms with Gasteiger partial charge in [-0.3, -0.25) is 0 Å². The van der Waals surface area contributed by atoms with Crippen molar-refractivity contribution in [3.63, 3.8) is 0 Å². The Morgan fingerprint density at radius 3 is 2.19 bits per heavy atom. The van der Waals surface area contributed by atoms with Gasteiger partial charge in [0.05, 0.1) is 13.2 Å². The van der Waals surface area contributed by atoms with E-state index in [-0.39, 0.29) is 18.6 Å². The molecule has 0 aliphatic carbocycles. The smallest absolute Gasteiger partial charge is 0.176 e. The highest BCUT2D eigenvalue weighted by atomic mass is 16.6. The summed E-state index contributed by atoms with van der Waals surface area (Å²) in [4.78, 5) is 0. The summed E-state index contributed by atoms with van der Waals surface area (Å²) in [5.74, 6) is 0. The summed E-state index contributed by atoms with van der Waals surface area (Å²) in [5, 5.41) is 19.0. The van der Waals surface area contributed by atoms with E-state index in [4.69, 9.17) is 9.47 Å². The minimum atomic E-state index is -0.958. The van der Waals surface area contributed by atoms with Crippen molar-refractivity contribution in [3.8, 4) is 0 Å². The van der Waals surface area contributed by atoms with Crippen molar-refractivity contribution in [2.24, 2.45) is 5.41 Å². The van der Waals surface area contributed by atoms with E-state index < -0.39 is 12.6 Å². The van der Waals surface area contributed by atoms with Crippen LogP contribution in [0.4, 0.5) is 0 Å². The van der Waals surface area contributed by atoms with Crippen LogP contribution in [0, 0.1) is 5.41 Å². The minimum Gasteiger partial charge on any atom is -0.368 e. The largest absolute Gasteiger partial charge is 0.368 e. The molecule has 0 aliphatic heterocycles. The molecule has 0 aromatic heterocycles. The maximum atomic E-state index is 9.69. The first kappa shape index (κ1) is 15.6.